The number of carbonyl (C=O) groups is 1. The lowest BCUT2D eigenvalue weighted by molar-refractivity contribution is -0.150. The van der Waals surface area contributed by atoms with Crippen LogP contribution in [0.3, 0.4) is 0 Å². The third-order valence-electron chi connectivity index (χ3n) is 20.8. The maximum Gasteiger partial charge on any atom is 0.458 e. The van der Waals surface area contributed by atoms with Gasteiger partial charge in [-0.3, -0.25) is 23.0 Å². The van der Waals surface area contributed by atoms with Gasteiger partial charge in [-0.25, -0.2) is 4.39 Å². The minimum atomic E-state index is -4.63. The first-order valence-corrected chi connectivity index (χ1v) is 48.8. The SMILES string of the molecule is CC(C)P(=O)(O)O.CCC#CC(CCCCCC)(c1ccccc1)P(=O)(O)O.CCCCCCC(CCCCC)(CCCCC)B(O)O.CCCCCCC(CCCCC)(CCCCC)C(=O)O.CCCCCCC(CCCCC)(CCCCC)S(=O)(=O)O.CCCCCCC(F)(CCCC)P(=O)(O)O. The molecule has 2 unspecified atom stereocenters. The van der Waals surface area contributed by atoms with E-state index in [9.17, 15) is 60.8 Å². The summed E-state index contributed by atoms with van der Waals surface area (Å²) in [7, 11) is -17.9. The fourth-order valence-corrected chi connectivity index (χ4v) is 16.5. The van der Waals surface area contributed by atoms with Crippen LogP contribution < -0.4 is 0 Å². The molecule has 2 atom stereocenters. The number of halogens is 1. The highest BCUT2D eigenvalue weighted by molar-refractivity contribution is 7.87. The molecule has 0 aliphatic carbocycles. The topological polar surface area (TPSA) is 305 Å². The zero-order chi connectivity index (χ0) is 81.2. The van der Waals surface area contributed by atoms with E-state index in [-0.39, 0.29) is 18.2 Å². The molecule has 1 aromatic carbocycles. The Hall–Kier alpha value is -1.48. The summed E-state index contributed by atoms with van der Waals surface area (Å²) in [5, 5.41) is 25.8. The highest BCUT2D eigenvalue weighted by atomic mass is 32.2. The number of hydrogen-bond acceptors (Lipinski definition) is 8. The highest BCUT2D eigenvalue weighted by Crippen LogP contribution is 2.60. The van der Waals surface area contributed by atoms with Crippen LogP contribution in [0.1, 0.15) is 450 Å². The maximum absolute atomic E-state index is 14.1. The summed E-state index contributed by atoms with van der Waals surface area (Å²) < 4.78 is 80.6. The van der Waals surface area contributed by atoms with E-state index in [1.807, 2.05) is 26.8 Å². The largest absolute Gasteiger partial charge is 0.481 e. The van der Waals surface area contributed by atoms with Crippen LogP contribution in [0.5, 0.6) is 0 Å². The fourth-order valence-electron chi connectivity index (χ4n) is 13.3. The van der Waals surface area contributed by atoms with Gasteiger partial charge < -0.3 is 44.5 Å². The third-order valence-corrected chi connectivity index (χ3v) is 26.9. The van der Waals surface area contributed by atoms with Gasteiger partial charge in [0, 0.05) is 11.7 Å². The lowest BCUT2D eigenvalue weighted by atomic mass is 9.51. The Morgan fingerprint density at radius 2 is 0.686 bits per heavy atom. The van der Waals surface area contributed by atoms with Crippen molar-refractivity contribution in [2.75, 3.05) is 0 Å². The molecule has 0 aromatic heterocycles. The Kier molecular flexibility index (Phi) is 72.8. The van der Waals surface area contributed by atoms with Gasteiger partial charge in [0.2, 0.25) is 5.41 Å². The number of alkyl halides is 1. The summed E-state index contributed by atoms with van der Waals surface area (Å²) in [6, 6.07) is 8.99. The van der Waals surface area contributed by atoms with Crippen LogP contribution >= 0.6 is 22.8 Å². The average molecular weight is 1580 g/mol. The lowest BCUT2D eigenvalue weighted by Crippen LogP contribution is -2.38. The first-order valence-electron chi connectivity index (χ1n) is 42.4. The molecule has 0 heterocycles. The van der Waals surface area contributed by atoms with E-state index < -0.39 is 72.4 Å². The van der Waals surface area contributed by atoms with Gasteiger partial charge in [-0.1, -0.05) is 384 Å². The van der Waals surface area contributed by atoms with Gasteiger partial charge in [0.05, 0.1) is 15.8 Å². The molecule has 0 saturated carbocycles. The molecule has 22 heteroatoms. The molecule has 0 amide bonds. The summed E-state index contributed by atoms with van der Waals surface area (Å²) in [5.74, 6) is 5.26. The van der Waals surface area contributed by atoms with Gasteiger partial charge in [-0.2, -0.15) is 8.42 Å². The van der Waals surface area contributed by atoms with Gasteiger partial charge in [-0.05, 0) is 95.5 Å². The predicted molar refractivity (Wildman–Crippen MR) is 447 cm³/mol. The summed E-state index contributed by atoms with van der Waals surface area (Å²) in [6.07, 6.45) is 50.8. The Labute approximate surface area is 646 Å². The molecular formula is C83H167BFO16P3S. The molecule has 0 bridgehead atoms. The monoisotopic (exact) mass is 1580 g/mol. The summed E-state index contributed by atoms with van der Waals surface area (Å²) in [6.45, 7) is 30.5. The van der Waals surface area contributed by atoms with Crippen LogP contribution in [0.25, 0.3) is 0 Å². The first kappa shape index (κ1) is 112. The molecule has 16 nitrogen and oxygen atoms in total. The van der Waals surface area contributed by atoms with Crippen molar-refractivity contribution in [3.05, 3.63) is 35.9 Å². The molecule has 0 radical (unpaired) electrons. The molecule has 1 aromatic rings. The van der Waals surface area contributed by atoms with E-state index in [0.29, 0.717) is 50.5 Å². The number of hydrogen-bond donors (Lipinski definition) is 10. The molecule has 0 spiro atoms. The zero-order valence-electron chi connectivity index (χ0n) is 70.1. The van der Waals surface area contributed by atoms with Crippen LogP contribution in [-0.4, -0.2) is 86.4 Å². The third kappa shape index (κ3) is 54.0. The summed E-state index contributed by atoms with van der Waals surface area (Å²) in [4.78, 5) is 66.3. The van der Waals surface area contributed by atoms with Crippen molar-refractivity contribution >= 4 is 46.0 Å². The van der Waals surface area contributed by atoms with Crippen molar-refractivity contribution in [2.45, 2.75) is 470 Å². The van der Waals surface area contributed by atoms with E-state index in [2.05, 4.69) is 81.1 Å². The number of unbranched alkanes of at least 4 members (excludes halogenated alkanes) is 28. The molecule has 105 heavy (non-hydrogen) atoms. The number of benzene rings is 1. The van der Waals surface area contributed by atoms with Crippen LogP contribution in [0, 0.1) is 17.3 Å². The number of rotatable bonds is 59. The molecule has 0 aliphatic heterocycles. The van der Waals surface area contributed by atoms with Crippen molar-refractivity contribution in [1.29, 1.82) is 0 Å². The molecule has 0 fully saturated rings. The average Bonchev–Trinajstić information content (AvgIpc) is 0.775. The van der Waals surface area contributed by atoms with Crippen molar-refractivity contribution in [3.63, 3.8) is 0 Å². The molecule has 10 N–H and O–H groups in total. The summed E-state index contributed by atoms with van der Waals surface area (Å²) >= 11 is 0. The standard InChI is InChI=1S/C18H36O2.C17H37BO2.C17H25O3P.C17H36O3S.C11H24FO3P.C3H9O3P/c1-4-7-10-13-16-18(17(19)20,14-11-8-5-2)15-12-9-6-3;1-4-7-10-13-16-17(18(19)20,14-11-8-5-2)15-12-9-6-3;1-3-5-7-11-15-17(14-6-4-2,21(18,19)20)16-12-9-8-10-13-16;1-4-7-10-13-16-17(21(18,19)20,14-11-8-5-2)15-12-9-6-3;1-3-5-7-8-10-11(12,9-6-4-2)16(13,14)15;1-3(2)7(4,5)6/h4-16H2,1-3H3,(H,19,20);19-20H,4-16H2,1-3H3;8-10,12-13H,3-5,7,11,15H2,1-2H3,(H2,18,19,20);4-16H2,1-3H3,(H,18,19,20);3-10H2,1-2H3,(H2,13,14,15);3H,1-2H3,(H2,4,5,6). The van der Waals surface area contributed by atoms with Gasteiger partial charge in [0.25, 0.3) is 10.1 Å². The van der Waals surface area contributed by atoms with Crippen molar-refractivity contribution in [1.82, 2.24) is 0 Å². The summed E-state index contributed by atoms with van der Waals surface area (Å²) in [5.41, 5.74) is -0.346. The smallest absolute Gasteiger partial charge is 0.458 e. The quantitative estimate of drug-likeness (QED) is 0.00953. The van der Waals surface area contributed by atoms with E-state index >= 15 is 0 Å². The second kappa shape index (κ2) is 68.1. The molecule has 1 rings (SSSR count). The Morgan fingerprint density at radius 3 is 0.962 bits per heavy atom. The minimum absolute atomic E-state index is 0.0166. The lowest BCUT2D eigenvalue weighted by Gasteiger charge is -2.33. The van der Waals surface area contributed by atoms with Crippen LogP contribution in [0.4, 0.5) is 4.39 Å². The first-order chi connectivity index (χ1) is 49.5. The van der Waals surface area contributed by atoms with Crippen molar-refractivity contribution < 1.29 is 80.4 Å². The number of aliphatic carboxylic acids is 1. The minimum Gasteiger partial charge on any atom is -0.481 e. The van der Waals surface area contributed by atoms with Crippen molar-refractivity contribution in [3.8, 4) is 11.8 Å². The Balaban J connectivity index is -0.000000388. The highest BCUT2D eigenvalue weighted by Gasteiger charge is 2.48. The van der Waals surface area contributed by atoms with Gasteiger partial charge in [-0.15, -0.1) is 5.92 Å². The normalized spacial score (nSPS) is 13.2. The van der Waals surface area contributed by atoms with E-state index in [1.54, 1.807) is 24.3 Å². The second-order valence-electron chi connectivity index (χ2n) is 30.4. The van der Waals surface area contributed by atoms with Crippen LogP contribution in [-0.2, 0) is 33.8 Å². The van der Waals surface area contributed by atoms with Crippen LogP contribution in [0.15, 0.2) is 30.3 Å². The zero-order valence-corrected chi connectivity index (χ0v) is 73.6. The van der Waals surface area contributed by atoms with E-state index in [4.69, 9.17) is 19.6 Å². The molecule has 0 aliphatic rings. The van der Waals surface area contributed by atoms with Crippen molar-refractivity contribution in [2.24, 2.45) is 5.41 Å². The van der Waals surface area contributed by atoms with Gasteiger partial charge in [0.15, 0.2) is 5.16 Å². The Morgan fingerprint density at radius 1 is 0.419 bits per heavy atom. The molecule has 626 valence electrons. The maximum atomic E-state index is 14.1. The fraction of sp³-hybridized carbons (Fsp3) is 0.892. The van der Waals surface area contributed by atoms with E-state index in [0.717, 1.165) is 205 Å². The molecule has 0 saturated heterocycles. The van der Waals surface area contributed by atoms with E-state index in [1.165, 1.54) is 90.9 Å². The number of carboxylic acids is 1. The van der Waals surface area contributed by atoms with Gasteiger partial charge >= 0.3 is 35.9 Å². The Bertz CT molecular complexity index is 2440. The van der Waals surface area contributed by atoms with Crippen LogP contribution in [0.2, 0.25) is 5.31 Å². The second-order valence-corrected chi connectivity index (χ2v) is 38.2. The number of carboxylic acid groups (broad SMARTS) is 1. The van der Waals surface area contributed by atoms with Gasteiger partial charge in [0.1, 0.15) is 0 Å². The predicted octanol–water partition coefficient (Wildman–Crippen LogP) is 26.3. The molecular weight excluding hydrogens is 1410 g/mol.